The average molecular weight is 256 g/mol. The normalized spacial score (nSPS) is 11.6. The molecule has 92 valence electrons. The Hall–Kier alpha value is -1.83. The average Bonchev–Trinajstić information content (AvgIpc) is 2.86. The highest BCUT2D eigenvalue weighted by Gasteiger charge is 2.18. The maximum Gasteiger partial charge on any atom is 0.280 e. The van der Waals surface area contributed by atoms with Crippen molar-refractivity contribution in [3.05, 3.63) is 23.8 Å². The first-order valence-electron chi connectivity index (χ1n) is 5.01. The van der Waals surface area contributed by atoms with Gasteiger partial charge in [-0.25, -0.2) is 4.98 Å². The predicted molar refractivity (Wildman–Crippen MR) is 60.0 cm³/mol. The van der Waals surface area contributed by atoms with Crippen molar-refractivity contribution in [2.75, 3.05) is 4.72 Å². The number of imidazole rings is 1. The third-order valence-electron chi connectivity index (χ3n) is 2.10. The summed E-state index contributed by atoms with van der Waals surface area (Å²) in [6.07, 6.45) is 1.91. The molecule has 7 nitrogen and oxygen atoms in total. The second-order valence-electron chi connectivity index (χ2n) is 3.48. The van der Waals surface area contributed by atoms with Gasteiger partial charge >= 0.3 is 0 Å². The lowest BCUT2D eigenvalue weighted by molar-refractivity contribution is 0.400. The molecule has 0 spiro atoms. The van der Waals surface area contributed by atoms with E-state index in [9.17, 15) is 8.42 Å². The van der Waals surface area contributed by atoms with Crippen molar-refractivity contribution in [1.29, 1.82) is 0 Å². The smallest absolute Gasteiger partial charge is 0.280 e. The molecule has 17 heavy (non-hydrogen) atoms. The second-order valence-corrected chi connectivity index (χ2v) is 5.13. The number of nitrogens with zero attached hydrogens (tertiary/aromatic N) is 2. The van der Waals surface area contributed by atoms with Crippen LogP contribution in [0.2, 0.25) is 0 Å². The van der Waals surface area contributed by atoms with Crippen molar-refractivity contribution in [1.82, 2.24) is 15.1 Å². The fraction of sp³-hybridized carbons (Fsp3) is 0.333. The van der Waals surface area contributed by atoms with E-state index in [1.165, 1.54) is 12.3 Å². The molecule has 0 fully saturated rings. The monoisotopic (exact) mass is 256 g/mol. The Balaban J connectivity index is 2.24. The van der Waals surface area contributed by atoms with Crippen LogP contribution in [0.3, 0.4) is 0 Å². The highest BCUT2D eigenvalue weighted by atomic mass is 32.2. The number of hydrogen-bond donors (Lipinski definition) is 2. The number of sulfonamides is 1. The first-order valence-corrected chi connectivity index (χ1v) is 6.49. The number of aromatic amines is 1. The molecule has 0 saturated carbocycles. The number of H-pyrrole nitrogens is 1. The highest BCUT2D eigenvalue weighted by molar-refractivity contribution is 7.92. The number of hydrogen-bond acceptors (Lipinski definition) is 5. The molecule has 0 amide bonds. The Morgan fingerprint density at radius 1 is 1.53 bits per heavy atom. The number of aryl methyl sites for hydroxylation is 2. The molecule has 0 aromatic carbocycles. The van der Waals surface area contributed by atoms with Gasteiger partial charge in [0.1, 0.15) is 11.6 Å². The molecule has 0 bridgehead atoms. The topological polar surface area (TPSA) is 101 Å². The van der Waals surface area contributed by atoms with Gasteiger partial charge in [0.2, 0.25) is 0 Å². The number of anilines is 1. The van der Waals surface area contributed by atoms with E-state index in [2.05, 4.69) is 19.8 Å². The van der Waals surface area contributed by atoms with Crippen LogP contribution >= 0.6 is 0 Å². The summed E-state index contributed by atoms with van der Waals surface area (Å²) in [6, 6.07) is 1.49. The van der Waals surface area contributed by atoms with Gasteiger partial charge in [0.05, 0.1) is 6.20 Å². The minimum atomic E-state index is -3.68. The zero-order chi connectivity index (χ0) is 12.5. The molecule has 8 heteroatoms. The van der Waals surface area contributed by atoms with E-state index in [1.807, 2.05) is 6.92 Å². The van der Waals surface area contributed by atoms with E-state index < -0.39 is 10.0 Å². The van der Waals surface area contributed by atoms with Crippen molar-refractivity contribution < 1.29 is 12.9 Å². The summed E-state index contributed by atoms with van der Waals surface area (Å²) >= 11 is 0. The third-order valence-corrected chi connectivity index (χ3v) is 3.36. The van der Waals surface area contributed by atoms with Gasteiger partial charge in [-0.2, -0.15) is 8.42 Å². The highest BCUT2D eigenvalue weighted by Crippen LogP contribution is 2.14. The van der Waals surface area contributed by atoms with Crippen LogP contribution in [0.25, 0.3) is 0 Å². The fourth-order valence-corrected chi connectivity index (χ4v) is 2.19. The van der Waals surface area contributed by atoms with Crippen LogP contribution in [-0.2, 0) is 16.4 Å². The van der Waals surface area contributed by atoms with E-state index in [-0.39, 0.29) is 10.8 Å². The lowest BCUT2D eigenvalue weighted by atomic mass is 10.5. The van der Waals surface area contributed by atoms with E-state index in [1.54, 1.807) is 6.92 Å². The summed E-state index contributed by atoms with van der Waals surface area (Å²) in [5.41, 5.74) is 0. The molecule has 2 aromatic rings. The van der Waals surface area contributed by atoms with Crippen LogP contribution in [0.4, 0.5) is 5.82 Å². The standard InChI is InChI=1S/C9H12N4O3S/c1-3-7-10-5-9(11-7)17(14,15)13-8-4-6(2)16-12-8/h4-5H,3H2,1-2H3,(H,10,11)(H,12,13). The summed E-state index contributed by atoms with van der Waals surface area (Å²) in [6.45, 7) is 3.56. The van der Waals surface area contributed by atoms with Crippen molar-refractivity contribution in [3.63, 3.8) is 0 Å². The summed E-state index contributed by atoms with van der Waals surface area (Å²) in [7, 11) is -3.68. The van der Waals surface area contributed by atoms with Gasteiger partial charge < -0.3 is 9.51 Å². The number of nitrogens with one attached hydrogen (secondary N) is 2. The van der Waals surface area contributed by atoms with Gasteiger partial charge in [0.15, 0.2) is 10.8 Å². The van der Waals surface area contributed by atoms with Crippen LogP contribution in [0.5, 0.6) is 0 Å². The van der Waals surface area contributed by atoms with E-state index in [4.69, 9.17) is 4.52 Å². The van der Waals surface area contributed by atoms with E-state index in [0.29, 0.717) is 18.0 Å². The summed E-state index contributed by atoms with van der Waals surface area (Å²) < 4.78 is 30.8. The Bertz CT molecular complexity index is 614. The third kappa shape index (κ3) is 2.47. The van der Waals surface area contributed by atoms with Crippen LogP contribution in [0.1, 0.15) is 18.5 Å². The summed E-state index contributed by atoms with van der Waals surface area (Å²) in [5, 5.41) is 3.56. The lowest BCUT2D eigenvalue weighted by Gasteiger charge is -2.00. The molecule has 2 aromatic heterocycles. The van der Waals surface area contributed by atoms with Crippen LogP contribution in [0, 0.1) is 6.92 Å². The van der Waals surface area contributed by atoms with Crippen LogP contribution in [0.15, 0.2) is 21.8 Å². The summed E-state index contributed by atoms with van der Waals surface area (Å²) in [4.78, 5) is 6.64. The number of rotatable bonds is 4. The Morgan fingerprint density at radius 2 is 2.29 bits per heavy atom. The Labute approximate surface area is 98.3 Å². The van der Waals surface area contributed by atoms with E-state index in [0.717, 1.165) is 0 Å². The van der Waals surface area contributed by atoms with Crippen molar-refractivity contribution in [3.8, 4) is 0 Å². The van der Waals surface area contributed by atoms with Crippen molar-refractivity contribution in [2.45, 2.75) is 25.3 Å². The quantitative estimate of drug-likeness (QED) is 0.852. The van der Waals surface area contributed by atoms with E-state index >= 15 is 0 Å². The van der Waals surface area contributed by atoms with Crippen LogP contribution < -0.4 is 4.72 Å². The van der Waals surface area contributed by atoms with Gasteiger partial charge in [-0.3, -0.25) is 4.72 Å². The zero-order valence-corrected chi connectivity index (χ0v) is 10.2. The van der Waals surface area contributed by atoms with Gasteiger partial charge in [0, 0.05) is 12.5 Å². The molecule has 0 saturated heterocycles. The van der Waals surface area contributed by atoms with Gasteiger partial charge in [-0.1, -0.05) is 12.1 Å². The molecule has 2 N–H and O–H groups in total. The molecular formula is C9H12N4O3S. The molecule has 2 rings (SSSR count). The first-order chi connectivity index (χ1) is 8.01. The molecule has 2 heterocycles. The summed E-state index contributed by atoms with van der Waals surface area (Å²) in [5.74, 6) is 1.29. The maximum atomic E-state index is 11.9. The maximum absolute atomic E-state index is 11.9. The van der Waals surface area contributed by atoms with Crippen molar-refractivity contribution in [2.24, 2.45) is 0 Å². The fourth-order valence-electron chi connectivity index (χ4n) is 1.27. The Morgan fingerprint density at radius 3 is 2.82 bits per heavy atom. The molecule has 0 aliphatic heterocycles. The van der Waals surface area contributed by atoms with Crippen molar-refractivity contribution >= 4 is 15.8 Å². The van der Waals surface area contributed by atoms with Gasteiger partial charge in [-0.15, -0.1) is 0 Å². The number of aromatic nitrogens is 3. The predicted octanol–water partition coefficient (Wildman–Crippen LogP) is 1.07. The largest absolute Gasteiger partial charge is 0.360 e. The molecule has 0 unspecified atom stereocenters. The second kappa shape index (κ2) is 4.21. The van der Waals surface area contributed by atoms with Gasteiger partial charge in [-0.05, 0) is 6.92 Å². The molecule has 0 atom stereocenters. The first kappa shape index (κ1) is 11.6. The molecular weight excluding hydrogens is 244 g/mol. The van der Waals surface area contributed by atoms with Crippen LogP contribution in [-0.4, -0.2) is 23.5 Å². The molecule has 0 aliphatic carbocycles. The molecule has 0 radical (unpaired) electrons. The Kier molecular flexibility index (Phi) is 2.88. The zero-order valence-electron chi connectivity index (χ0n) is 9.39. The minimum absolute atomic E-state index is 0.00926. The lowest BCUT2D eigenvalue weighted by Crippen LogP contribution is -2.13. The minimum Gasteiger partial charge on any atom is -0.360 e. The molecule has 0 aliphatic rings. The van der Waals surface area contributed by atoms with Gasteiger partial charge in [0.25, 0.3) is 10.0 Å². The SMILES string of the molecule is CCc1ncc(S(=O)(=O)Nc2cc(C)on2)[nH]1.